The molecule has 1 fully saturated rings. The SMILES string of the molecule is Cc1ccc(-n2cc([C@@H]3OC[C@H](N=[N+]=[N-])[C@H]3O)n(C)c2=S)cc1. The molecule has 0 aliphatic carbocycles. The molecule has 120 valence electrons. The highest BCUT2D eigenvalue weighted by Gasteiger charge is 2.38. The van der Waals surface area contributed by atoms with Crippen LogP contribution in [0.15, 0.2) is 35.6 Å². The number of azide groups is 1. The number of aliphatic hydroxyl groups excluding tert-OH is 1. The molecule has 1 N–H and O–H groups in total. The molecule has 23 heavy (non-hydrogen) atoms. The molecule has 1 saturated heterocycles. The van der Waals surface area contributed by atoms with Crippen LogP contribution in [0, 0.1) is 11.7 Å². The highest BCUT2D eigenvalue weighted by molar-refractivity contribution is 7.71. The van der Waals surface area contributed by atoms with Gasteiger partial charge >= 0.3 is 0 Å². The Balaban J connectivity index is 1.99. The number of benzene rings is 1. The lowest BCUT2D eigenvalue weighted by atomic mass is 10.1. The van der Waals surface area contributed by atoms with Crippen molar-refractivity contribution < 1.29 is 9.84 Å². The summed E-state index contributed by atoms with van der Waals surface area (Å²) in [6.45, 7) is 2.22. The Bertz CT molecular complexity index is 819. The fourth-order valence-electron chi connectivity index (χ4n) is 2.73. The van der Waals surface area contributed by atoms with Crippen molar-refractivity contribution in [3.8, 4) is 5.69 Å². The first kappa shape index (κ1) is 15.8. The van der Waals surface area contributed by atoms with Crippen LogP contribution in [0.4, 0.5) is 0 Å². The van der Waals surface area contributed by atoms with Crippen molar-refractivity contribution in [1.82, 2.24) is 9.13 Å². The third kappa shape index (κ3) is 2.77. The minimum atomic E-state index is -0.889. The van der Waals surface area contributed by atoms with Crippen LogP contribution >= 0.6 is 12.2 Å². The van der Waals surface area contributed by atoms with Gasteiger partial charge in [-0.2, -0.15) is 0 Å². The molecule has 2 aromatic rings. The van der Waals surface area contributed by atoms with Crippen LogP contribution in [-0.2, 0) is 11.8 Å². The predicted molar refractivity (Wildman–Crippen MR) is 87.9 cm³/mol. The lowest BCUT2D eigenvalue weighted by Gasteiger charge is -2.15. The average molecular weight is 331 g/mol. The van der Waals surface area contributed by atoms with Crippen LogP contribution in [0.2, 0.25) is 0 Å². The van der Waals surface area contributed by atoms with Crippen molar-refractivity contribution in [3.05, 3.63) is 56.9 Å². The predicted octanol–water partition coefficient (Wildman–Crippen LogP) is 2.96. The second-order valence-corrected chi connectivity index (χ2v) is 5.98. The maximum atomic E-state index is 10.3. The Morgan fingerprint density at radius 2 is 2.09 bits per heavy atom. The second-order valence-electron chi connectivity index (χ2n) is 5.62. The molecule has 3 atom stereocenters. The first-order valence-electron chi connectivity index (χ1n) is 7.22. The van der Waals surface area contributed by atoms with E-state index in [0.717, 1.165) is 11.4 Å². The minimum absolute atomic E-state index is 0.193. The van der Waals surface area contributed by atoms with E-state index in [0.29, 0.717) is 4.77 Å². The molecule has 0 saturated carbocycles. The van der Waals surface area contributed by atoms with E-state index in [1.165, 1.54) is 5.56 Å². The summed E-state index contributed by atoms with van der Waals surface area (Å²) in [6, 6.07) is 7.43. The summed E-state index contributed by atoms with van der Waals surface area (Å²) in [5.41, 5.74) is 11.4. The molecule has 1 aromatic carbocycles. The molecule has 1 aliphatic heterocycles. The standard InChI is InChI=1S/C15H17N5O2S/c1-9-3-5-10(6-4-9)20-7-12(19(2)15(20)23)14-13(21)11(8-22-14)17-18-16/h3-7,11,13-14,21H,8H2,1-2H3/t11-,13+,14-/m0/s1. The van der Waals surface area contributed by atoms with Crippen LogP contribution in [0.25, 0.3) is 16.1 Å². The zero-order valence-electron chi connectivity index (χ0n) is 12.8. The number of ether oxygens (including phenoxy) is 1. The third-order valence-electron chi connectivity index (χ3n) is 4.10. The van der Waals surface area contributed by atoms with E-state index in [1.807, 2.05) is 53.6 Å². The summed E-state index contributed by atoms with van der Waals surface area (Å²) < 4.78 is 9.91. The van der Waals surface area contributed by atoms with Gasteiger partial charge in [0.15, 0.2) is 4.77 Å². The molecule has 1 aromatic heterocycles. The molecule has 7 nitrogen and oxygen atoms in total. The van der Waals surface area contributed by atoms with E-state index in [4.69, 9.17) is 22.5 Å². The molecule has 1 aliphatic rings. The second kappa shape index (κ2) is 6.17. The molecule has 0 unspecified atom stereocenters. The van der Waals surface area contributed by atoms with Crippen molar-refractivity contribution in [2.45, 2.75) is 25.2 Å². The van der Waals surface area contributed by atoms with Gasteiger partial charge in [0.1, 0.15) is 6.10 Å². The molecule has 0 bridgehead atoms. The number of aliphatic hydroxyl groups is 1. The summed E-state index contributed by atoms with van der Waals surface area (Å²) >= 11 is 5.49. The zero-order chi connectivity index (χ0) is 16.6. The van der Waals surface area contributed by atoms with Gasteiger partial charge in [0.05, 0.1) is 24.4 Å². The number of imidazole rings is 1. The van der Waals surface area contributed by atoms with Gasteiger partial charge in [-0.15, -0.1) is 0 Å². The van der Waals surface area contributed by atoms with Gasteiger partial charge in [0, 0.05) is 23.8 Å². The van der Waals surface area contributed by atoms with E-state index in [9.17, 15) is 5.11 Å². The number of nitrogens with zero attached hydrogens (tertiary/aromatic N) is 5. The van der Waals surface area contributed by atoms with Gasteiger partial charge in [0.2, 0.25) is 0 Å². The van der Waals surface area contributed by atoms with Gasteiger partial charge in [-0.05, 0) is 36.8 Å². The topological polar surface area (TPSA) is 88.1 Å². The molecule has 0 spiro atoms. The third-order valence-corrected chi connectivity index (χ3v) is 4.57. The molecule has 8 heteroatoms. The summed E-state index contributed by atoms with van der Waals surface area (Å²) in [6.07, 6.45) is 0.406. The number of aromatic nitrogens is 2. The maximum absolute atomic E-state index is 10.3. The summed E-state index contributed by atoms with van der Waals surface area (Å²) in [5, 5.41) is 13.9. The molecular weight excluding hydrogens is 314 g/mol. The van der Waals surface area contributed by atoms with Crippen LogP contribution in [-0.4, -0.2) is 33.0 Å². The molecule has 2 heterocycles. The van der Waals surface area contributed by atoms with Crippen LogP contribution < -0.4 is 0 Å². The Kier molecular flexibility index (Phi) is 4.23. The summed E-state index contributed by atoms with van der Waals surface area (Å²) in [5.74, 6) is 0. The highest BCUT2D eigenvalue weighted by atomic mass is 32.1. The Hall–Kier alpha value is -2.12. The summed E-state index contributed by atoms with van der Waals surface area (Å²) in [7, 11) is 1.83. The van der Waals surface area contributed by atoms with Crippen molar-refractivity contribution >= 4 is 12.2 Å². The zero-order valence-corrected chi connectivity index (χ0v) is 13.6. The van der Waals surface area contributed by atoms with Crippen LogP contribution in [0.5, 0.6) is 0 Å². The first-order valence-corrected chi connectivity index (χ1v) is 7.63. The first-order chi connectivity index (χ1) is 11.0. The van der Waals surface area contributed by atoms with Gasteiger partial charge in [0.25, 0.3) is 0 Å². The van der Waals surface area contributed by atoms with Crippen LogP contribution in [0.3, 0.4) is 0 Å². The van der Waals surface area contributed by atoms with Crippen molar-refractivity contribution in [1.29, 1.82) is 0 Å². The van der Waals surface area contributed by atoms with Gasteiger partial charge in [-0.3, -0.25) is 4.57 Å². The fourth-order valence-corrected chi connectivity index (χ4v) is 2.99. The van der Waals surface area contributed by atoms with E-state index >= 15 is 0 Å². The van der Waals surface area contributed by atoms with E-state index < -0.39 is 18.2 Å². The fraction of sp³-hybridized carbons (Fsp3) is 0.400. The summed E-state index contributed by atoms with van der Waals surface area (Å²) in [4.78, 5) is 2.75. The van der Waals surface area contributed by atoms with E-state index in [-0.39, 0.29) is 6.61 Å². The van der Waals surface area contributed by atoms with E-state index in [1.54, 1.807) is 0 Å². The lowest BCUT2D eigenvalue weighted by Crippen LogP contribution is -2.24. The number of hydrogen-bond acceptors (Lipinski definition) is 4. The van der Waals surface area contributed by atoms with Crippen molar-refractivity contribution in [2.24, 2.45) is 12.2 Å². The van der Waals surface area contributed by atoms with Crippen LogP contribution in [0.1, 0.15) is 17.4 Å². The Morgan fingerprint density at radius 1 is 1.39 bits per heavy atom. The average Bonchev–Trinajstić information content (AvgIpc) is 3.03. The van der Waals surface area contributed by atoms with Gasteiger partial charge < -0.3 is 14.4 Å². The van der Waals surface area contributed by atoms with Gasteiger partial charge in [-0.25, -0.2) is 0 Å². The quantitative estimate of drug-likeness (QED) is 0.406. The van der Waals surface area contributed by atoms with Crippen molar-refractivity contribution in [3.63, 3.8) is 0 Å². The molecular formula is C15H17N5O2S. The molecule has 0 radical (unpaired) electrons. The largest absolute Gasteiger partial charge is 0.389 e. The van der Waals surface area contributed by atoms with Crippen molar-refractivity contribution in [2.75, 3.05) is 6.61 Å². The molecule has 3 rings (SSSR count). The smallest absolute Gasteiger partial charge is 0.184 e. The highest BCUT2D eigenvalue weighted by Crippen LogP contribution is 2.32. The number of rotatable bonds is 3. The normalized spacial score (nSPS) is 23.7. The van der Waals surface area contributed by atoms with E-state index in [2.05, 4.69) is 10.0 Å². The maximum Gasteiger partial charge on any atom is 0.184 e. The monoisotopic (exact) mass is 331 g/mol. The van der Waals surface area contributed by atoms with Gasteiger partial charge in [-0.1, -0.05) is 22.8 Å². The minimum Gasteiger partial charge on any atom is -0.389 e. The number of hydrogen-bond donors (Lipinski definition) is 1. The Labute approximate surface area is 138 Å². The number of aryl methyl sites for hydroxylation is 1. The molecule has 0 amide bonds. The lowest BCUT2D eigenvalue weighted by molar-refractivity contribution is 0.0360. The Morgan fingerprint density at radius 3 is 2.74 bits per heavy atom.